The third kappa shape index (κ3) is 3.55. The van der Waals surface area contributed by atoms with E-state index in [1.165, 1.54) is 0 Å². The van der Waals surface area contributed by atoms with Crippen molar-refractivity contribution >= 4 is 11.7 Å². The number of aromatic nitrogens is 2. The summed E-state index contributed by atoms with van der Waals surface area (Å²) in [6, 6.07) is 11.4. The van der Waals surface area contributed by atoms with Crippen molar-refractivity contribution in [1.29, 1.82) is 0 Å². The van der Waals surface area contributed by atoms with Crippen LogP contribution >= 0.6 is 0 Å². The Balaban J connectivity index is 1.66. The molecule has 0 radical (unpaired) electrons. The zero-order chi connectivity index (χ0) is 17.2. The maximum Gasteiger partial charge on any atom is 0.253 e. The van der Waals surface area contributed by atoms with Gasteiger partial charge in [0.1, 0.15) is 11.6 Å². The van der Waals surface area contributed by atoms with E-state index in [-0.39, 0.29) is 11.3 Å². The highest BCUT2D eigenvalue weighted by atomic mass is 16.2. The van der Waals surface area contributed by atoms with Crippen LogP contribution in [0.4, 0.5) is 5.82 Å². The summed E-state index contributed by atoms with van der Waals surface area (Å²) >= 11 is 0. The lowest BCUT2D eigenvalue weighted by atomic mass is 9.96. The number of carbonyl (C=O) groups excluding carboxylic acids is 1. The molecule has 1 fully saturated rings. The van der Waals surface area contributed by atoms with Gasteiger partial charge in [0.15, 0.2) is 0 Å². The number of amides is 1. The van der Waals surface area contributed by atoms with Crippen LogP contribution in [-0.4, -0.2) is 47.0 Å². The van der Waals surface area contributed by atoms with Crippen LogP contribution in [0.25, 0.3) is 0 Å². The van der Waals surface area contributed by atoms with Gasteiger partial charge in [-0.2, -0.15) is 0 Å². The van der Waals surface area contributed by atoms with Crippen LogP contribution in [0.2, 0.25) is 0 Å². The zero-order valence-electron chi connectivity index (χ0n) is 14.6. The van der Waals surface area contributed by atoms with Crippen molar-refractivity contribution < 1.29 is 4.79 Å². The molecule has 3 rings (SSSR count). The van der Waals surface area contributed by atoms with E-state index in [0.717, 1.165) is 30.3 Å². The van der Waals surface area contributed by atoms with E-state index in [0.29, 0.717) is 13.1 Å². The molecule has 0 N–H and O–H groups in total. The van der Waals surface area contributed by atoms with Gasteiger partial charge < -0.3 is 9.80 Å². The van der Waals surface area contributed by atoms with Crippen LogP contribution in [0, 0.1) is 0 Å². The summed E-state index contributed by atoms with van der Waals surface area (Å²) in [4.78, 5) is 25.7. The largest absolute Gasteiger partial charge is 0.353 e. The number of benzene rings is 1. The maximum atomic E-state index is 12.5. The van der Waals surface area contributed by atoms with Crippen molar-refractivity contribution in [2.24, 2.45) is 0 Å². The number of anilines is 1. The summed E-state index contributed by atoms with van der Waals surface area (Å²) < 4.78 is 0. The SMILES string of the molecule is CC(C)(C)c1nccc(N2CCN(C(=O)c3ccccc3)CC2)n1. The molecule has 1 saturated heterocycles. The smallest absolute Gasteiger partial charge is 0.253 e. The Labute approximate surface area is 143 Å². The Kier molecular flexibility index (Phi) is 4.51. The minimum Gasteiger partial charge on any atom is -0.353 e. The number of piperazine rings is 1. The van der Waals surface area contributed by atoms with Gasteiger partial charge in [0.25, 0.3) is 5.91 Å². The number of rotatable bonds is 2. The van der Waals surface area contributed by atoms with Gasteiger partial charge >= 0.3 is 0 Å². The highest BCUT2D eigenvalue weighted by Gasteiger charge is 2.24. The van der Waals surface area contributed by atoms with Crippen molar-refractivity contribution in [1.82, 2.24) is 14.9 Å². The van der Waals surface area contributed by atoms with Gasteiger partial charge in [-0.05, 0) is 18.2 Å². The number of hydrogen-bond donors (Lipinski definition) is 0. The zero-order valence-corrected chi connectivity index (χ0v) is 14.6. The lowest BCUT2D eigenvalue weighted by molar-refractivity contribution is 0.0746. The standard InChI is InChI=1S/C19H24N4O/c1-19(2,3)18-20-10-9-16(21-18)22-11-13-23(14-12-22)17(24)15-7-5-4-6-8-15/h4-10H,11-14H2,1-3H3. The van der Waals surface area contributed by atoms with Crippen molar-refractivity contribution in [2.75, 3.05) is 31.1 Å². The number of carbonyl (C=O) groups is 1. The molecule has 2 heterocycles. The molecule has 126 valence electrons. The molecule has 1 aliphatic heterocycles. The van der Waals surface area contributed by atoms with E-state index in [1.807, 2.05) is 47.5 Å². The molecule has 1 aliphatic rings. The van der Waals surface area contributed by atoms with Gasteiger partial charge in [-0.25, -0.2) is 9.97 Å². The van der Waals surface area contributed by atoms with E-state index < -0.39 is 0 Å². The van der Waals surface area contributed by atoms with Gasteiger partial charge in [0.2, 0.25) is 0 Å². The average molecular weight is 324 g/mol. The third-order valence-corrected chi connectivity index (χ3v) is 4.22. The molecular formula is C19H24N4O. The first kappa shape index (κ1) is 16.4. The van der Waals surface area contributed by atoms with E-state index in [1.54, 1.807) is 0 Å². The van der Waals surface area contributed by atoms with E-state index in [9.17, 15) is 4.79 Å². The first-order valence-electron chi connectivity index (χ1n) is 8.38. The minimum atomic E-state index is -0.0683. The van der Waals surface area contributed by atoms with Crippen LogP contribution in [-0.2, 0) is 5.41 Å². The first-order chi connectivity index (χ1) is 11.4. The van der Waals surface area contributed by atoms with Gasteiger partial charge in [-0.3, -0.25) is 4.79 Å². The summed E-state index contributed by atoms with van der Waals surface area (Å²) in [6.45, 7) is 9.34. The van der Waals surface area contributed by atoms with Crippen molar-refractivity contribution in [2.45, 2.75) is 26.2 Å². The normalized spacial score (nSPS) is 15.5. The Morgan fingerprint density at radius 3 is 2.29 bits per heavy atom. The second-order valence-corrected chi connectivity index (χ2v) is 7.13. The van der Waals surface area contributed by atoms with Gasteiger partial charge in [-0.15, -0.1) is 0 Å². The lowest BCUT2D eigenvalue weighted by Gasteiger charge is -2.35. The number of nitrogens with zero attached hydrogens (tertiary/aromatic N) is 4. The molecule has 5 nitrogen and oxygen atoms in total. The maximum absolute atomic E-state index is 12.5. The Hall–Kier alpha value is -2.43. The third-order valence-electron chi connectivity index (χ3n) is 4.22. The molecule has 1 aromatic heterocycles. The summed E-state index contributed by atoms with van der Waals surface area (Å²) in [5.74, 6) is 1.90. The quantitative estimate of drug-likeness (QED) is 0.852. The molecule has 0 atom stereocenters. The second-order valence-electron chi connectivity index (χ2n) is 7.13. The van der Waals surface area contributed by atoms with Crippen LogP contribution < -0.4 is 4.90 Å². The molecular weight excluding hydrogens is 300 g/mol. The second kappa shape index (κ2) is 6.59. The van der Waals surface area contributed by atoms with Crippen LogP contribution in [0.15, 0.2) is 42.6 Å². The van der Waals surface area contributed by atoms with Gasteiger partial charge in [-0.1, -0.05) is 39.0 Å². The minimum absolute atomic E-state index is 0.0683. The number of hydrogen-bond acceptors (Lipinski definition) is 4. The van der Waals surface area contributed by atoms with Crippen molar-refractivity contribution in [3.63, 3.8) is 0 Å². The highest BCUT2D eigenvalue weighted by molar-refractivity contribution is 5.94. The van der Waals surface area contributed by atoms with Crippen LogP contribution in [0.3, 0.4) is 0 Å². The molecule has 0 saturated carbocycles. The molecule has 0 bridgehead atoms. The fourth-order valence-electron chi connectivity index (χ4n) is 2.79. The van der Waals surface area contributed by atoms with Crippen LogP contribution in [0.5, 0.6) is 0 Å². The van der Waals surface area contributed by atoms with Crippen LogP contribution in [0.1, 0.15) is 37.0 Å². The molecule has 0 unspecified atom stereocenters. The fourth-order valence-corrected chi connectivity index (χ4v) is 2.79. The summed E-state index contributed by atoms with van der Waals surface area (Å²) in [5, 5.41) is 0. The van der Waals surface area contributed by atoms with E-state index in [4.69, 9.17) is 4.98 Å². The predicted molar refractivity (Wildman–Crippen MR) is 95.3 cm³/mol. The lowest BCUT2D eigenvalue weighted by Crippen LogP contribution is -2.49. The van der Waals surface area contributed by atoms with Gasteiger partial charge in [0, 0.05) is 43.4 Å². The molecule has 0 spiro atoms. The van der Waals surface area contributed by atoms with Gasteiger partial charge in [0.05, 0.1) is 0 Å². The van der Waals surface area contributed by atoms with E-state index >= 15 is 0 Å². The molecule has 2 aromatic rings. The monoisotopic (exact) mass is 324 g/mol. The predicted octanol–water partition coefficient (Wildman–Crippen LogP) is 2.74. The molecule has 1 amide bonds. The Bertz CT molecular complexity index is 701. The van der Waals surface area contributed by atoms with Crippen molar-refractivity contribution in [3.05, 3.63) is 54.0 Å². The topological polar surface area (TPSA) is 49.3 Å². The molecule has 1 aromatic carbocycles. The summed E-state index contributed by atoms with van der Waals surface area (Å²) in [6.07, 6.45) is 1.82. The highest BCUT2D eigenvalue weighted by Crippen LogP contribution is 2.21. The molecule has 24 heavy (non-hydrogen) atoms. The fraction of sp³-hybridized carbons (Fsp3) is 0.421. The molecule has 5 heteroatoms. The van der Waals surface area contributed by atoms with Crippen molar-refractivity contribution in [3.8, 4) is 0 Å². The molecule has 0 aliphatic carbocycles. The Morgan fingerprint density at radius 1 is 1.00 bits per heavy atom. The average Bonchev–Trinajstić information content (AvgIpc) is 2.61. The first-order valence-corrected chi connectivity index (χ1v) is 8.38. The Morgan fingerprint density at radius 2 is 1.67 bits per heavy atom. The summed E-state index contributed by atoms with van der Waals surface area (Å²) in [5.41, 5.74) is 0.684. The van der Waals surface area contributed by atoms with E-state index in [2.05, 4.69) is 30.7 Å². The summed E-state index contributed by atoms with van der Waals surface area (Å²) in [7, 11) is 0.